The molecule has 1 aliphatic carbocycles. The highest BCUT2D eigenvalue weighted by Crippen LogP contribution is 2.48. The highest BCUT2D eigenvalue weighted by atomic mass is 16.3. The SMILES string of the molecule is Cc1ccc2cc(C3(O)CCC(C)(C)CC3C)ccc2n1. The Kier molecular flexibility index (Phi) is 3.32. The lowest BCUT2D eigenvalue weighted by Crippen LogP contribution is -2.41. The van der Waals surface area contributed by atoms with Crippen LogP contribution in [0.15, 0.2) is 30.3 Å². The number of nitrogens with zero attached hydrogens (tertiary/aromatic N) is 1. The van der Waals surface area contributed by atoms with Gasteiger partial charge in [-0.1, -0.05) is 32.9 Å². The number of rotatable bonds is 1. The van der Waals surface area contributed by atoms with Gasteiger partial charge in [0.05, 0.1) is 11.1 Å². The van der Waals surface area contributed by atoms with E-state index in [9.17, 15) is 5.11 Å². The van der Waals surface area contributed by atoms with Crippen LogP contribution in [0.25, 0.3) is 10.9 Å². The average Bonchev–Trinajstić information content (AvgIpc) is 2.42. The van der Waals surface area contributed by atoms with Crippen LogP contribution in [0.4, 0.5) is 0 Å². The summed E-state index contributed by atoms with van der Waals surface area (Å²) < 4.78 is 0. The number of hydrogen-bond donors (Lipinski definition) is 1. The molecule has 2 atom stereocenters. The molecule has 0 bridgehead atoms. The van der Waals surface area contributed by atoms with E-state index in [0.717, 1.165) is 41.4 Å². The third-order valence-corrected chi connectivity index (χ3v) is 5.19. The van der Waals surface area contributed by atoms with Gasteiger partial charge in [-0.25, -0.2) is 0 Å². The second-order valence-electron chi connectivity index (χ2n) is 7.55. The maximum atomic E-state index is 11.2. The van der Waals surface area contributed by atoms with Gasteiger partial charge in [0.25, 0.3) is 0 Å². The second kappa shape index (κ2) is 4.81. The third-order valence-electron chi connectivity index (χ3n) is 5.19. The molecule has 1 aromatic carbocycles. The van der Waals surface area contributed by atoms with Gasteiger partial charge in [0.1, 0.15) is 0 Å². The zero-order valence-corrected chi connectivity index (χ0v) is 13.5. The first kappa shape index (κ1) is 14.5. The predicted molar refractivity (Wildman–Crippen MR) is 87.2 cm³/mol. The number of fused-ring (bicyclic) bond motifs is 1. The molecule has 2 unspecified atom stereocenters. The van der Waals surface area contributed by atoms with E-state index >= 15 is 0 Å². The Morgan fingerprint density at radius 3 is 2.62 bits per heavy atom. The molecule has 2 aromatic rings. The minimum atomic E-state index is -0.700. The van der Waals surface area contributed by atoms with Crippen molar-refractivity contribution < 1.29 is 5.11 Å². The first-order chi connectivity index (χ1) is 9.80. The molecule has 1 aromatic heterocycles. The van der Waals surface area contributed by atoms with Crippen molar-refractivity contribution >= 4 is 10.9 Å². The second-order valence-corrected chi connectivity index (χ2v) is 7.55. The minimum Gasteiger partial charge on any atom is -0.385 e. The lowest BCUT2D eigenvalue weighted by molar-refractivity contribution is -0.0768. The van der Waals surface area contributed by atoms with E-state index in [1.807, 2.05) is 19.1 Å². The summed E-state index contributed by atoms with van der Waals surface area (Å²) in [4.78, 5) is 4.55. The molecule has 1 saturated carbocycles. The molecule has 1 aliphatic rings. The van der Waals surface area contributed by atoms with Gasteiger partial charge in [-0.3, -0.25) is 4.98 Å². The van der Waals surface area contributed by atoms with Gasteiger partial charge >= 0.3 is 0 Å². The summed E-state index contributed by atoms with van der Waals surface area (Å²) in [7, 11) is 0. The molecule has 1 N–H and O–H groups in total. The fourth-order valence-electron chi connectivity index (χ4n) is 3.80. The number of pyridine rings is 1. The molecule has 1 heterocycles. The van der Waals surface area contributed by atoms with Crippen molar-refractivity contribution in [1.82, 2.24) is 4.98 Å². The molecular formula is C19H25NO. The van der Waals surface area contributed by atoms with Crippen LogP contribution in [-0.2, 0) is 5.60 Å². The van der Waals surface area contributed by atoms with Crippen LogP contribution in [0.3, 0.4) is 0 Å². The van der Waals surface area contributed by atoms with Crippen LogP contribution in [0, 0.1) is 18.3 Å². The zero-order valence-electron chi connectivity index (χ0n) is 13.5. The Hall–Kier alpha value is -1.41. The van der Waals surface area contributed by atoms with Crippen molar-refractivity contribution in [3.63, 3.8) is 0 Å². The highest BCUT2D eigenvalue weighted by Gasteiger charge is 2.43. The fraction of sp³-hybridized carbons (Fsp3) is 0.526. The highest BCUT2D eigenvalue weighted by molar-refractivity contribution is 5.79. The van der Waals surface area contributed by atoms with Crippen molar-refractivity contribution in [3.8, 4) is 0 Å². The minimum absolute atomic E-state index is 0.275. The van der Waals surface area contributed by atoms with Crippen LogP contribution >= 0.6 is 0 Å². The lowest BCUT2D eigenvalue weighted by atomic mass is 9.63. The monoisotopic (exact) mass is 283 g/mol. The topological polar surface area (TPSA) is 33.1 Å². The van der Waals surface area contributed by atoms with Crippen LogP contribution < -0.4 is 0 Å². The Morgan fingerprint density at radius 1 is 1.14 bits per heavy atom. The zero-order chi connectivity index (χ0) is 15.3. The number of aromatic nitrogens is 1. The summed E-state index contributed by atoms with van der Waals surface area (Å²) in [6, 6.07) is 10.4. The fourth-order valence-corrected chi connectivity index (χ4v) is 3.80. The Bertz CT molecular complexity index is 676. The van der Waals surface area contributed by atoms with Gasteiger partial charge in [0.2, 0.25) is 0 Å². The Balaban J connectivity index is 2.01. The van der Waals surface area contributed by atoms with Crippen molar-refractivity contribution in [1.29, 1.82) is 0 Å². The maximum Gasteiger partial charge on any atom is 0.0922 e. The van der Waals surface area contributed by atoms with E-state index in [1.165, 1.54) is 0 Å². The van der Waals surface area contributed by atoms with Gasteiger partial charge in [0, 0.05) is 11.1 Å². The van der Waals surface area contributed by atoms with E-state index in [1.54, 1.807) is 0 Å². The Labute approximate surface area is 127 Å². The maximum absolute atomic E-state index is 11.2. The average molecular weight is 283 g/mol. The standard InChI is InChI=1S/C19H25NO/c1-13-12-18(3,4)9-10-19(13,21)16-7-8-17-15(11-16)6-5-14(2)20-17/h5-8,11,13,21H,9-10,12H2,1-4H3. The normalized spacial score (nSPS) is 28.7. The van der Waals surface area contributed by atoms with Crippen molar-refractivity contribution in [2.45, 2.75) is 52.6 Å². The van der Waals surface area contributed by atoms with Gasteiger partial charge in [-0.05, 0) is 61.3 Å². The first-order valence-electron chi connectivity index (χ1n) is 7.90. The number of hydrogen-bond acceptors (Lipinski definition) is 2. The summed E-state index contributed by atoms with van der Waals surface area (Å²) in [5.41, 5.74) is 2.71. The molecule has 21 heavy (non-hydrogen) atoms. The quantitative estimate of drug-likeness (QED) is 0.831. The van der Waals surface area contributed by atoms with E-state index in [-0.39, 0.29) is 5.92 Å². The number of aliphatic hydroxyl groups is 1. The summed E-state index contributed by atoms with van der Waals surface area (Å²) in [6.07, 6.45) is 2.97. The van der Waals surface area contributed by atoms with E-state index in [2.05, 4.69) is 44.0 Å². The largest absolute Gasteiger partial charge is 0.385 e. The lowest BCUT2D eigenvalue weighted by Gasteiger charge is -2.45. The molecule has 0 radical (unpaired) electrons. The molecule has 1 fully saturated rings. The van der Waals surface area contributed by atoms with Gasteiger partial charge in [-0.2, -0.15) is 0 Å². The molecule has 0 aliphatic heterocycles. The van der Waals surface area contributed by atoms with Crippen molar-refractivity contribution in [3.05, 3.63) is 41.6 Å². The van der Waals surface area contributed by atoms with Gasteiger partial charge < -0.3 is 5.11 Å². The van der Waals surface area contributed by atoms with Crippen LogP contribution in [-0.4, -0.2) is 10.1 Å². The molecule has 0 amide bonds. The van der Waals surface area contributed by atoms with Crippen LogP contribution in [0.2, 0.25) is 0 Å². The predicted octanol–water partition coefficient (Wildman–Crippen LogP) is 4.58. The number of aryl methyl sites for hydroxylation is 1. The molecule has 0 saturated heterocycles. The van der Waals surface area contributed by atoms with Crippen LogP contribution in [0.5, 0.6) is 0 Å². The van der Waals surface area contributed by atoms with E-state index < -0.39 is 5.60 Å². The van der Waals surface area contributed by atoms with Gasteiger partial charge in [-0.15, -0.1) is 0 Å². The molecule has 112 valence electrons. The number of benzene rings is 1. The summed E-state index contributed by atoms with van der Waals surface area (Å²) in [5, 5.41) is 12.4. The third kappa shape index (κ3) is 2.57. The van der Waals surface area contributed by atoms with Crippen LogP contribution in [0.1, 0.15) is 51.3 Å². The van der Waals surface area contributed by atoms with E-state index in [4.69, 9.17) is 0 Å². The summed E-state index contributed by atoms with van der Waals surface area (Å²) in [5.74, 6) is 0.275. The van der Waals surface area contributed by atoms with E-state index in [0.29, 0.717) is 5.41 Å². The van der Waals surface area contributed by atoms with Crippen molar-refractivity contribution in [2.75, 3.05) is 0 Å². The first-order valence-corrected chi connectivity index (χ1v) is 7.90. The molecule has 0 spiro atoms. The Morgan fingerprint density at radius 2 is 1.90 bits per heavy atom. The molecular weight excluding hydrogens is 258 g/mol. The molecule has 2 heteroatoms. The summed E-state index contributed by atoms with van der Waals surface area (Å²) in [6.45, 7) is 8.79. The molecule has 3 rings (SSSR count). The molecule has 2 nitrogen and oxygen atoms in total. The van der Waals surface area contributed by atoms with Gasteiger partial charge in [0.15, 0.2) is 0 Å². The smallest absolute Gasteiger partial charge is 0.0922 e. The van der Waals surface area contributed by atoms with Crippen molar-refractivity contribution in [2.24, 2.45) is 11.3 Å². The summed E-state index contributed by atoms with van der Waals surface area (Å²) >= 11 is 0.